The maximum Gasteiger partial charge on any atom is 0.338 e. The van der Waals surface area contributed by atoms with Crippen LogP contribution in [0.5, 0.6) is 0 Å². The Balaban J connectivity index is 2.45. The number of aromatic carboxylic acids is 1. The van der Waals surface area contributed by atoms with Crippen LogP contribution in [0.25, 0.3) is 0 Å². The van der Waals surface area contributed by atoms with E-state index in [1.54, 1.807) is 6.07 Å². The van der Waals surface area contributed by atoms with Gasteiger partial charge in [-0.25, -0.2) is 9.18 Å². The molecule has 1 aromatic rings. The Hall–Kier alpha value is -1.58. The number of hydrogen-bond acceptors (Lipinski definition) is 2. The standard InChI is InChI=1S/C13H18FNO2/c1-2-3-4-5-8-15-10-6-7-11(13(16)17)12(14)9-10/h6-7,9,15H,2-5,8H2,1H3,(H,16,17). The summed E-state index contributed by atoms with van der Waals surface area (Å²) in [6.07, 6.45) is 4.57. The van der Waals surface area contributed by atoms with Crippen molar-refractivity contribution >= 4 is 11.7 Å². The lowest BCUT2D eigenvalue weighted by Gasteiger charge is -2.07. The monoisotopic (exact) mass is 239 g/mol. The van der Waals surface area contributed by atoms with Crippen molar-refractivity contribution in [3.63, 3.8) is 0 Å². The first kappa shape index (κ1) is 13.5. The van der Waals surface area contributed by atoms with Crippen LogP contribution in [-0.2, 0) is 0 Å². The van der Waals surface area contributed by atoms with Gasteiger partial charge in [0.25, 0.3) is 0 Å². The zero-order chi connectivity index (χ0) is 12.7. The van der Waals surface area contributed by atoms with Crippen LogP contribution in [0.1, 0.15) is 43.0 Å². The van der Waals surface area contributed by atoms with E-state index in [0.29, 0.717) is 5.69 Å². The Labute approximate surface area is 101 Å². The van der Waals surface area contributed by atoms with E-state index in [1.165, 1.54) is 25.0 Å². The van der Waals surface area contributed by atoms with E-state index in [9.17, 15) is 9.18 Å². The zero-order valence-electron chi connectivity index (χ0n) is 10.0. The quantitative estimate of drug-likeness (QED) is 0.716. The van der Waals surface area contributed by atoms with Crippen molar-refractivity contribution in [3.8, 4) is 0 Å². The van der Waals surface area contributed by atoms with Crippen LogP contribution >= 0.6 is 0 Å². The van der Waals surface area contributed by atoms with Gasteiger partial charge in [-0.2, -0.15) is 0 Å². The van der Waals surface area contributed by atoms with E-state index in [1.807, 2.05) is 0 Å². The van der Waals surface area contributed by atoms with Crippen molar-refractivity contribution in [1.29, 1.82) is 0 Å². The second-order valence-electron chi connectivity index (χ2n) is 3.99. The SMILES string of the molecule is CCCCCCNc1ccc(C(=O)O)c(F)c1. The Bertz CT molecular complexity index is 380. The molecule has 17 heavy (non-hydrogen) atoms. The van der Waals surface area contributed by atoms with Gasteiger partial charge in [-0.1, -0.05) is 26.2 Å². The first-order chi connectivity index (χ1) is 8.15. The summed E-state index contributed by atoms with van der Waals surface area (Å²) in [7, 11) is 0. The molecular weight excluding hydrogens is 221 g/mol. The number of anilines is 1. The minimum absolute atomic E-state index is 0.290. The molecule has 0 fully saturated rings. The molecule has 0 atom stereocenters. The highest BCUT2D eigenvalue weighted by Gasteiger charge is 2.09. The smallest absolute Gasteiger partial charge is 0.338 e. The second-order valence-corrected chi connectivity index (χ2v) is 3.99. The van der Waals surface area contributed by atoms with Gasteiger partial charge in [-0.15, -0.1) is 0 Å². The van der Waals surface area contributed by atoms with Crippen molar-refractivity contribution in [3.05, 3.63) is 29.6 Å². The minimum atomic E-state index is -1.24. The Morgan fingerprint density at radius 3 is 2.71 bits per heavy atom. The van der Waals surface area contributed by atoms with Gasteiger partial charge in [0.15, 0.2) is 0 Å². The van der Waals surface area contributed by atoms with Crippen molar-refractivity contribution in [2.75, 3.05) is 11.9 Å². The molecule has 0 spiro atoms. The molecule has 0 aliphatic carbocycles. The average Bonchev–Trinajstić information content (AvgIpc) is 2.28. The normalized spacial score (nSPS) is 10.2. The third-order valence-electron chi connectivity index (χ3n) is 2.56. The fraction of sp³-hybridized carbons (Fsp3) is 0.462. The van der Waals surface area contributed by atoms with Crippen LogP contribution in [0.3, 0.4) is 0 Å². The highest BCUT2D eigenvalue weighted by Crippen LogP contribution is 2.14. The van der Waals surface area contributed by atoms with Crippen LogP contribution in [-0.4, -0.2) is 17.6 Å². The lowest BCUT2D eigenvalue weighted by atomic mass is 10.2. The van der Waals surface area contributed by atoms with E-state index in [4.69, 9.17) is 5.11 Å². The molecule has 2 N–H and O–H groups in total. The van der Waals surface area contributed by atoms with Gasteiger partial charge in [0.05, 0.1) is 5.56 Å². The van der Waals surface area contributed by atoms with Gasteiger partial charge in [0, 0.05) is 12.2 Å². The van der Waals surface area contributed by atoms with Crippen LogP contribution in [0.4, 0.5) is 10.1 Å². The van der Waals surface area contributed by atoms with Crippen LogP contribution < -0.4 is 5.32 Å². The second kappa shape index (κ2) is 6.89. The molecule has 3 nitrogen and oxygen atoms in total. The van der Waals surface area contributed by atoms with Crippen molar-refractivity contribution in [2.45, 2.75) is 32.6 Å². The molecule has 0 saturated heterocycles. The van der Waals surface area contributed by atoms with Gasteiger partial charge < -0.3 is 10.4 Å². The molecule has 0 bridgehead atoms. The summed E-state index contributed by atoms with van der Waals surface area (Å²) < 4.78 is 13.3. The number of carboxylic acid groups (broad SMARTS) is 1. The zero-order valence-corrected chi connectivity index (χ0v) is 10.0. The lowest BCUT2D eigenvalue weighted by molar-refractivity contribution is 0.0692. The largest absolute Gasteiger partial charge is 0.478 e. The van der Waals surface area contributed by atoms with E-state index in [2.05, 4.69) is 12.2 Å². The van der Waals surface area contributed by atoms with Gasteiger partial charge in [-0.3, -0.25) is 0 Å². The highest BCUT2D eigenvalue weighted by molar-refractivity contribution is 5.88. The molecule has 0 aliphatic rings. The Morgan fingerprint density at radius 2 is 2.12 bits per heavy atom. The molecule has 0 amide bonds. The molecular formula is C13H18FNO2. The molecule has 1 aromatic carbocycles. The summed E-state index contributed by atoms with van der Waals surface area (Å²) in [6, 6.07) is 4.10. The summed E-state index contributed by atoms with van der Waals surface area (Å²) in [5.41, 5.74) is 0.338. The van der Waals surface area contributed by atoms with E-state index < -0.39 is 11.8 Å². The van der Waals surface area contributed by atoms with Gasteiger partial charge in [-0.05, 0) is 24.6 Å². The number of hydrogen-bond donors (Lipinski definition) is 2. The molecule has 0 aromatic heterocycles. The summed E-state index contributed by atoms with van der Waals surface area (Å²) >= 11 is 0. The molecule has 4 heteroatoms. The molecule has 0 saturated carbocycles. The van der Waals surface area contributed by atoms with Crippen LogP contribution in [0.15, 0.2) is 18.2 Å². The predicted octanol–water partition coefficient (Wildman–Crippen LogP) is 3.52. The van der Waals surface area contributed by atoms with E-state index in [0.717, 1.165) is 19.4 Å². The van der Waals surface area contributed by atoms with Crippen molar-refractivity contribution in [1.82, 2.24) is 0 Å². The molecule has 0 radical (unpaired) electrons. The molecule has 1 rings (SSSR count). The maximum atomic E-state index is 13.3. The molecule has 0 aliphatic heterocycles. The van der Waals surface area contributed by atoms with Crippen LogP contribution in [0.2, 0.25) is 0 Å². The molecule has 0 heterocycles. The summed E-state index contributed by atoms with van der Waals surface area (Å²) in [6.45, 7) is 2.93. The first-order valence-electron chi connectivity index (χ1n) is 5.92. The maximum absolute atomic E-state index is 13.3. The first-order valence-corrected chi connectivity index (χ1v) is 5.92. The van der Waals surface area contributed by atoms with Gasteiger partial charge >= 0.3 is 5.97 Å². The Morgan fingerprint density at radius 1 is 1.35 bits per heavy atom. The fourth-order valence-electron chi connectivity index (χ4n) is 1.58. The topological polar surface area (TPSA) is 49.3 Å². The van der Waals surface area contributed by atoms with Gasteiger partial charge in [0.2, 0.25) is 0 Å². The Kier molecular flexibility index (Phi) is 5.46. The number of nitrogens with one attached hydrogen (secondary N) is 1. The number of carboxylic acids is 1. The third kappa shape index (κ3) is 4.43. The van der Waals surface area contributed by atoms with E-state index >= 15 is 0 Å². The van der Waals surface area contributed by atoms with Gasteiger partial charge in [0.1, 0.15) is 5.82 Å². The average molecular weight is 239 g/mol. The number of benzene rings is 1. The number of unbranched alkanes of at least 4 members (excludes halogenated alkanes) is 3. The summed E-state index contributed by atoms with van der Waals surface area (Å²) in [5.74, 6) is -1.94. The summed E-state index contributed by atoms with van der Waals surface area (Å²) in [4.78, 5) is 10.6. The summed E-state index contributed by atoms with van der Waals surface area (Å²) in [5, 5.41) is 11.7. The number of carbonyl (C=O) groups is 1. The van der Waals surface area contributed by atoms with Crippen molar-refractivity contribution in [2.24, 2.45) is 0 Å². The third-order valence-corrected chi connectivity index (χ3v) is 2.56. The highest BCUT2D eigenvalue weighted by atomic mass is 19.1. The number of rotatable bonds is 7. The minimum Gasteiger partial charge on any atom is -0.478 e. The van der Waals surface area contributed by atoms with Crippen LogP contribution in [0, 0.1) is 5.82 Å². The van der Waals surface area contributed by atoms with E-state index in [-0.39, 0.29) is 5.56 Å². The van der Waals surface area contributed by atoms with Crippen molar-refractivity contribution < 1.29 is 14.3 Å². The lowest BCUT2D eigenvalue weighted by Crippen LogP contribution is -2.04. The number of halogens is 1. The molecule has 0 unspecified atom stereocenters. The fourth-order valence-corrected chi connectivity index (χ4v) is 1.58. The predicted molar refractivity (Wildman–Crippen MR) is 66.0 cm³/mol. The molecule has 94 valence electrons.